The third kappa shape index (κ3) is 3.12. The second kappa shape index (κ2) is 6.20. The minimum Gasteiger partial charge on any atom is -0.443 e. The van der Waals surface area contributed by atoms with Crippen LogP contribution < -0.4 is 16.7 Å². The third-order valence-electron chi connectivity index (χ3n) is 3.53. The van der Waals surface area contributed by atoms with Crippen LogP contribution in [-0.2, 0) is 0 Å². The van der Waals surface area contributed by atoms with Crippen molar-refractivity contribution in [2.75, 3.05) is 0 Å². The van der Waals surface area contributed by atoms with E-state index in [0.717, 1.165) is 0 Å². The molecule has 0 bridgehead atoms. The summed E-state index contributed by atoms with van der Waals surface area (Å²) in [6.07, 6.45) is 0. The molecule has 0 saturated heterocycles. The maximum atomic E-state index is 12.1. The number of amides is 1. The van der Waals surface area contributed by atoms with Crippen LogP contribution in [0.2, 0.25) is 0 Å². The standard InChI is InChI=1S/C18H14N2O5/c1-9-7-13(22)15(10(2)21)18(24-9)20-17-12(16(19)23)8-11-5-3-4-6-14(11)25-17/h3-8H,1-2H3,(H2,19,23). The van der Waals surface area contributed by atoms with E-state index in [1.165, 1.54) is 19.1 Å². The highest BCUT2D eigenvalue weighted by molar-refractivity contribution is 5.98. The zero-order chi connectivity index (χ0) is 18.1. The molecule has 0 fully saturated rings. The lowest BCUT2D eigenvalue weighted by molar-refractivity contribution is 0.0993. The molecule has 0 unspecified atom stereocenters. The summed E-state index contributed by atoms with van der Waals surface area (Å²) >= 11 is 0. The first-order valence-corrected chi connectivity index (χ1v) is 7.40. The third-order valence-corrected chi connectivity index (χ3v) is 3.53. The molecule has 7 nitrogen and oxygen atoms in total. The molecule has 25 heavy (non-hydrogen) atoms. The normalized spacial score (nSPS) is 11.7. The van der Waals surface area contributed by atoms with Gasteiger partial charge in [0.25, 0.3) is 5.91 Å². The van der Waals surface area contributed by atoms with Gasteiger partial charge in [0, 0.05) is 11.5 Å². The van der Waals surface area contributed by atoms with Gasteiger partial charge in [-0.15, -0.1) is 0 Å². The van der Waals surface area contributed by atoms with Crippen LogP contribution in [0.5, 0.6) is 0 Å². The number of nitrogens with two attached hydrogens (primary N) is 1. The average Bonchev–Trinajstić information content (AvgIpc) is 2.52. The number of aryl methyl sites for hydroxylation is 1. The minimum absolute atomic E-state index is 0.0114. The molecule has 3 aromatic rings. The van der Waals surface area contributed by atoms with Crippen LogP contribution in [0.4, 0.5) is 5.88 Å². The van der Waals surface area contributed by atoms with Crippen molar-refractivity contribution in [1.29, 1.82) is 0 Å². The Labute approximate surface area is 141 Å². The molecule has 0 atom stereocenters. The number of carbonyl (C=O) groups is 2. The van der Waals surface area contributed by atoms with Gasteiger partial charge in [-0.05, 0) is 26.0 Å². The number of Topliss-reactive ketones (excluding diaryl/α,β-unsaturated/α-hetero) is 1. The fourth-order valence-electron chi connectivity index (χ4n) is 2.42. The Morgan fingerprint density at radius 2 is 1.84 bits per heavy atom. The van der Waals surface area contributed by atoms with E-state index < -0.39 is 17.1 Å². The van der Waals surface area contributed by atoms with Crippen molar-refractivity contribution in [3.8, 4) is 0 Å². The molecule has 0 saturated carbocycles. The Bertz CT molecular complexity index is 1140. The van der Waals surface area contributed by atoms with Gasteiger partial charge in [-0.1, -0.05) is 18.2 Å². The molecule has 1 amide bonds. The van der Waals surface area contributed by atoms with Gasteiger partial charge in [0.05, 0.1) is 0 Å². The first kappa shape index (κ1) is 16.4. The van der Waals surface area contributed by atoms with E-state index in [-0.39, 0.29) is 28.3 Å². The summed E-state index contributed by atoms with van der Waals surface area (Å²) in [5.74, 6) is -1.21. The van der Waals surface area contributed by atoms with E-state index >= 15 is 0 Å². The molecule has 0 radical (unpaired) electrons. The maximum Gasteiger partial charge on any atom is 0.254 e. The number of rotatable bonds is 3. The van der Waals surface area contributed by atoms with Gasteiger partial charge < -0.3 is 14.6 Å². The monoisotopic (exact) mass is 338 g/mol. The van der Waals surface area contributed by atoms with E-state index in [1.54, 1.807) is 31.2 Å². The SMILES string of the molecule is CC(=O)c1c(N=c2oc3ccccc3cc2C(N)=O)oc(C)cc1=O. The van der Waals surface area contributed by atoms with E-state index in [1.807, 2.05) is 0 Å². The second-order valence-electron chi connectivity index (χ2n) is 5.44. The van der Waals surface area contributed by atoms with Crippen molar-refractivity contribution < 1.29 is 18.4 Å². The van der Waals surface area contributed by atoms with Gasteiger partial charge in [-0.2, -0.15) is 4.99 Å². The van der Waals surface area contributed by atoms with Crippen LogP contribution in [-0.4, -0.2) is 11.7 Å². The number of hydrogen-bond donors (Lipinski definition) is 1. The predicted octanol–water partition coefficient (Wildman–Crippen LogP) is 2.23. The van der Waals surface area contributed by atoms with Crippen molar-refractivity contribution in [1.82, 2.24) is 0 Å². The number of carbonyl (C=O) groups excluding carboxylic acids is 2. The molecule has 0 spiro atoms. The highest BCUT2D eigenvalue weighted by atomic mass is 16.4. The molecule has 126 valence electrons. The maximum absolute atomic E-state index is 12.1. The highest BCUT2D eigenvalue weighted by Gasteiger charge is 2.17. The van der Waals surface area contributed by atoms with E-state index in [4.69, 9.17) is 14.6 Å². The lowest BCUT2D eigenvalue weighted by atomic mass is 10.1. The Balaban J connectivity index is 2.40. The number of fused-ring (bicyclic) bond motifs is 1. The van der Waals surface area contributed by atoms with Crippen LogP contribution in [0.25, 0.3) is 11.0 Å². The number of ketones is 1. The van der Waals surface area contributed by atoms with Crippen molar-refractivity contribution >= 4 is 28.5 Å². The smallest absolute Gasteiger partial charge is 0.254 e. The summed E-state index contributed by atoms with van der Waals surface area (Å²) in [7, 11) is 0. The first-order valence-electron chi connectivity index (χ1n) is 7.40. The molecule has 1 aromatic carbocycles. The van der Waals surface area contributed by atoms with E-state index in [9.17, 15) is 14.4 Å². The molecule has 2 aromatic heterocycles. The van der Waals surface area contributed by atoms with Gasteiger partial charge in [0.1, 0.15) is 22.5 Å². The molecule has 0 aliphatic carbocycles. The highest BCUT2D eigenvalue weighted by Crippen LogP contribution is 2.19. The fraction of sp³-hybridized carbons (Fsp3) is 0.111. The molecule has 2 heterocycles. The molecular weight excluding hydrogens is 324 g/mol. The molecule has 2 N–H and O–H groups in total. The van der Waals surface area contributed by atoms with Crippen LogP contribution in [0.15, 0.2) is 55.0 Å². The molecule has 7 heteroatoms. The Morgan fingerprint density at radius 3 is 2.52 bits per heavy atom. The lowest BCUT2D eigenvalue weighted by Gasteiger charge is -2.04. The summed E-state index contributed by atoms with van der Waals surface area (Å²) in [4.78, 5) is 39.7. The van der Waals surface area contributed by atoms with Crippen LogP contribution in [0, 0.1) is 6.92 Å². The summed E-state index contributed by atoms with van der Waals surface area (Å²) in [6.45, 7) is 2.78. The number of benzene rings is 1. The summed E-state index contributed by atoms with van der Waals surface area (Å²) < 4.78 is 11.0. The summed E-state index contributed by atoms with van der Waals surface area (Å²) in [5.41, 5.74) is 5.00. The largest absolute Gasteiger partial charge is 0.443 e. The van der Waals surface area contributed by atoms with Gasteiger partial charge in [-0.25, -0.2) is 0 Å². The van der Waals surface area contributed by atoms with Crippen LogP contribution in [0.3, 0.4) is 0 Å². The van der Waals surface area contributed by atoms with E-state index in [2.05, 4.69) is 4.99 Å². The van der Waals surface area contributed by atoms with Gasteiger partial charge in [0.15, 0.2) is 11.2 Å². The van der Waals surface area contributed by atoms with Gasteiger partial charge in [0.2, 0.25) is 11.4 Å². The van der Waals surface area contributed by atoms with Crippen LogP contribution >= 0.6 is 0 Å². The number of nitrogens with zero attached hydrogens (tertiary/aromatic N) is 1. The minimum atomic E-state index is -0.757. The molecule has 0 aliphatic heterocycles. The van der Waals surface area contributed by atoms with Gasteiger partial charge in [-0.3, -0.25) is 14.4 Å². The van der Waals surface area contributed by atoms with Crippen molar-refractivity contribution in [2.45, 2.75) is 13.8 Å². The Hall–Kier alpha value is -3.48. The molecule has 3 rings (SSSR count). The summed E-state index contributed by atoms with van der Waals surface area (Å²) in [5, 5.41) is 0.660. The van der Waals surface area contributed by atoms with Crippen molar-refractivity contribution in [2.24, 2.45) is 10.7 Å². The lowest BCUT2D eigenvalue weighted by Crippen LogP contribution is -2.22. The van der Waals surface area contributed by atoms with Crippen molar-refractivity contribution in [3.63, 3.8) is 0 Å². The average molecular weight is 338 g/mol. The van der Waals surface area contributed by atoms with Gasteiger partial charge >= 0.3 is 0 Å². The number of primary amides is 1. The predicted molar refractivity (Wildman–Crippen MR) is 89.7 cm³/mol. The fourth-order valence-corrected chi connectivity index (χ4v) is 2.42. The summed E-state index contributed by atoms with van der Waals surface area (Å²) in [6, 6.07) is 9.71. The first-order chi connectivity index (χ1) is 11.9. The van der Waals surface area contributed by atoms with E-state index in [0.29, 0.717) is 11.0 Å². The molecular formula is C18H14N2O5. The Kier molecular flexibility index (Phi) is 4.06. The molecule has 0 aliphatic rings. The quantitative estimate of drug-likeness (QED) is 0.735. The number of para-hydroxylation sites is 1. The topological polar surface area (TPSA) is 116 Å². The number of hydrogen-bond acceptors (Lipinski definition) is 6. The zero-order valence-electron chi connectivity index (χ0n) is 13.5. The zero-order valence-corrected chi connectivity index (χ0v) is 13.5. The van der Waals surface area contributed by atoms with Crippen LogP contribution in [0.1, 0.15) is 33.4 Å². The second-order valence-corrected chi connectivity index (χ2v) is 5.44. The van der Waals surface area contributed by atoms with Crippen molar-refractivity contribution in [3.05, 3.63) is 69.1 Å². The Morgan fingerprint density at radius 1 is 1.12 bits per heavy atom.